The number of benzene rings is 1. The Morgan fingerprint density at radius 2 is 1.75 bits per heavy atom. The molecule has 1 unspecified atom stereocenters. The number of methoxy groups -OCH3 is 1. The molecule has 0 aliphatic carbocycles. The van der Waals surface area contributed by atoms with Gasteiger partial charge in [-0.05, 0) is 24.7 Å². The van der Waals surface area contributed by atoms with Crippen LogP contribution in [0.4, 0.5) is 0 Å². The van der Waals surface area contributed by atoms with Crippen LogP contribution < -0.4 is 9.46 Å². The van der Waals surface area contributed by atoms with Gasteiger partial charge in [0.15, 0.2) is 0 Å². The Labute approximate surface area is 145 Å². The SMILES string of the molecule is COc1ccc(C(CNS(=O)(=O)N(C)C)N2CCN(C)CC2)cc1. The Hall–Kier alpha value is -1.19. The molecular weight excluding hydrogens is 328 g/mol. The number of ether oxygens (including phenoxy) is 1. The zero-order chi connectivity index (χ0) is 17.7. The van der Waals surface area contributed by atoms with Crippen molar-refractivity contribution in [1.82, 2.24) is 18.8 Å². The predicted molar refractivity (Wildman–Crippen MR) is 95.4 cm³/mol. The summed E-state index contributed by atoms with van der Waals surface area (Å²) in [6.45, 7) is 4.13. The van der Waals surface area contributed by atoms with Crippen LogP contribution in [0.5, 0.6) is 5.75 Å². The molecule has 2 rings (SSSR count). The topological polar surface area (TPSA) is 65.1 Å². The molecule has 7 nitrogen and oxygen atoms in total. The van der Waals surface area contributed by atoms with Gasteiger partial charge in [0.2, 0.25) is 0 Å². The van der Waals surface area contributed by atoms with Crippen LogP contribution in [-0.2, 0) is 10.2 Å². The highest BCUT2D eigenvalue weighted by molar-refractivity contribution is 7.87. The summed E-state index contributed by atoms with van der Waals surface area (Å²) in [6.07, 6.45) is 0. The molecule has 1 fully saturated rings. The molecule has 1 aromatic carbocycles. The Balaban J connectivity index is 2.17. The molecule has 1 aliphatic heterocycles. The number of likely N-dealkylation sites (N-methyl/N-ethyl adjacent to an activating group) is 1. The lowest BCUT2D eigenvalue weighted by Crippen LogP contribution is -2.49. The molecule has 0 aromatic heterocycles. The first-order valence-electron chi connectivity index (χ1n) is 8.07. The van der Waals surface area contributed by atoms with E-state index in [-0.39, 0.29) is 6.04 Å². The van der Waals surface area contributed by atoms with Gasteiger partial charge in [-0.2, -0.15) is 12.7 Å². The molecular formula is C16H28N4O3S. The van der Waals surface area contributed by atoms with Gasteiger partial charge in [-0.1, -0.05) is 12.1 Å². The van der Waals surface area contributed by atoms with Crippen molar-refractivity contribution in [2.45, 2.75) is 6.04 Å². The van der Waals surface area contributed by atoms with Crippen LogP contribution in [0.2, 0.25) is 0 Å². The summed E-state index contributed by atoms with van der Waals surface area (Å²) >= 11 is 0. The van der Waals surface area contributed by atoms with Crippen molar-refractivity contribution in [3.05, 3.63) is 29.8 Å². The lowest BCUT2D eigenvalue weighted by molar-refractivity contribution is 0.112. The van der Waals surface area contributed by atoms with Crippen molar-refractivity contribution < 1.29 is 13.2 Å². The molecule has 0 amide bonds. The van der Waals surface area contributed by atoms with Crippen molar-refractivity contribution in [3.63, 3.8) is 0 Å². The van der Waals surface area contributed by atoms with Gasteiger partial charge >= 0.3 is 0 Å². The summed E-state index contributed by atoms with van der Waals surface area (Å²) in [6, 6.07) is 7.84. The number of nitrogens with one attached hydrogen (secondary N) is 1. The maximum Gasteiger partial charge on any atom is 0.278 e. The number of piperazine rings is 1. The molecule has 0 spiro atoms. The fourth-order valence-electron chi connectivity index (χ4n) is 2.73. The quantitative estimate of drug-likeness (QED) is 0.765. The normalized spacial score (nSPS) is 18.7. The zero-order valence-corrected chi connectivity index (χ0v) is 15.7. The van der Waals surface area contributed by atoms with E-state index in [0.717, 1.165) is 37.5 Å². The standard InChI is InChI=1S/C16H28N4O3S/c1-18(2)24(21,22)17-13-16(20-11-9-19(3)10-12-20)14-5-7-15(23-4)8-6-14/h5-8,16-17H,9-13H2,1-4H3. The minimum atomic E-state index is -3.44. The highest BCUT2D eigenvalue weighted by atomic mass is 32.2. The highest BCUT2D eigenvalue weighted by Gasteiger charge is 2.26. The monoisotopic (exact) mass is 356 g/mol. The van der Waals surface area contributed by atoms with Crippen LogP contribution in [0.15, 0.2) is 24.3 Å². The first-order valence-corrected chi connectivity index (χ1v) is 9.51. The van der Waals surface area contributed by atoms with Crippen molar-refractivity contribution in [2.24, 2.45) is 0 Å². The molecule has 8 heteroatoms. The third-order valence-corrected chi connectivity index (χ3v) is 5.91. The number of nitrogens with zero attached hydrogens (tertiary/aromatic N) is 3. The van der Waals surface area contributed by atoms with Crippen LogP contribution in [0.3, 0.4) is 0 Å². The average molecular weight is 356 g/mol. The van der Waals surface area contributed by atoms with E-state index in [1.807, 2.05) is 24.3 Å². The molecule has 1 aliphatic rings. The fourth-order valence-corrected chi connectivity index (χ4v) is 3.36. The van der Waals surface area contributed by atoms with Crippen molar-refractivity contribution in [2.75, 3.05) is 61.0 Å². The Kier molecular flexibility index (Phi) is 6.59. The van der Waals surface area contributed by atoms with Crippen LogP contribution in [-0.4, -0.2) is 83.5 Å². The summed E-state index contributed by atoms with van der Waals surface area (Å²) in [5.41, 5.74) is 1.09. The van der Waals surface area contributed by atoms with Crippen LogP contribution in [0, 0.1) is 0 Å². The minimum absolute atomic E-state index is 0.000619. The van der Waals surface area contributed by atoms with Gasteiger partial charge in [-0.15, -0.1) is 0 Å². The highest BCUT2D eigenvalue weighted by Crippen LogP contribution is 2.24. The second kappa shape index (κ2) is 8.26. The van der Waals surface area contributed by atoms with Gasteiger partial charge in [0, 0.05) is 52.9 Å². The van der Waals surface area contributed by atoms with E-state index in [0.29, 0.717) is 6.54 Å². The molecule has 0 bridgehead atoms. The third kappa shape index (κ3) is 4.90. The van der Waals surface area contributed by atoms with E-state index in [1.54, 1.807) is 7.11 Å². The Bertz CT molecular complexity index is 611. The number of hydrogen-bond donors (Lipinski definition) is 1. The first kappa shape index (κ1) is 19.1. The molecule has 1 atom stereocenters. The Morgan fingerprint density at radius 1 is 1.17 bits per heavy atom. The molecule has 24 heavy (non-hydrogen) atoms. The minimum Gasteiger partial charge on any atom is -0.497 e. The smallest absolute Gasteiger partial charge is 0.278 e. The largest absolute Gasteiger partial charge is 0.497 e. The maximum atomic E-state index is 12.1. The Morgan fingerprint density at radius 3 is 2.25 bits per heavy atom. The van der Waals surface area contributed by atoms with Gasteiger partial charge < -0.3 is 9.64 Å². The molecule has 0 radical (unpaired) electrons. The molecule has 1 saturated heterocycles. The molecule has 1 N–H and O–H groups in total. The summed E-state index contributed by atoms with van der Waals surface area (Å²) in [5, 5.41) is 0. The second-order valence-electron chi connectivity index (χ2n) is 6.26. The van der Waals surface area contributed by atoms with Gasteiger partial charge in [-0.25, -0.2) is 4.72 Å². The summed E-state index contributed by atoms with van der Waals surface area (Å²) in [7, 11) is 3.36. The van der Waals surface area contributed by atoms with Gasteiger partial charge in [-0.3, -0.25) is 4.90 Å². The lowest BCUT2D eigenvalue weighted by Gasteiger charge is -2.38. The third-order valence-electron chi connectivity index (χ3n) is 4.42. The van der Waals surface area contributed by atoms with Crippen molar-refractivity contribution in [1.29, 1.82) is 0 Å². The molecule has 1 aromatic rings. The summed E-state index contributed by atoms with van der Waals surface area (Å²) in [5.74, 6) is 0.796. The average Bonchev–Trinajstić information content (AvgIpc) is 2.57. The zero-order valence-electron chi connectivity index (χ0n) is 14.9. The van der Waals surface area contributed by atoms with Crippen molar-refractivity contribution in [3.8, 4) is 5.75 Å². The second-order valence-corrected chi connectivity index (χ2v) is 8.23. The predicted octanol–water partition coefficient (Wildman–Crippen LogP) is 0.380. The van der Waals surface area contributed by atoms with E-state index >= 15 is 0 Å². The number of hydrogen-bond acceptors (Lipinski definition) is 5. The fraction of sp³-hybridized carbons (Fsp3) is 0.625. The van der Waals surface area contributed by atoms with Gasteiger partial charge in [0.05, 0.1) is 7.11 Å². The number of rotatable bonds is 7. The van der Waals surface area contributed by atoms with Crippen LogP contribution in [0.25, 0.3) is 0 Å². The first-order chi connectivity index (χ1) is 11.3. The van der Waals surface area contributed by atoms with E-state index < -0.39 is 10.2 Å². The van der Waals surface area contributed by atoms with E-state index in [9.17, 15) is 8.42 Å². The van der Waals surface area contributed by atoms with E-state index in [1.165, 1.54) is 18.4 Å². The molecule has 1 heterocycles. The van der Waals surface area contributed by atoms with Gasteiger partial charge in [0.25, 0.3) is 10.2 Å². The van der Waals surface area contributed by atoms with Gasteiger partial charge in [0.1, 0.15) is 5.75 Å². The van der Waals surface area contributed by atoms with Crippen molar-refractivity contribution >= 4 is 10.2 Å². The molecule has 136 valence electrons. The van der Waals surface area contributed by atoms with Crippen LogP contribution >= 0.6 is 0 Å². The molecule has 0 saturated carbocycles. The van der Waals surface area contributed by atoms with E-state index in [2.05, 4.69) is 21.6 Å². The lowest BCUT2D eigenvalue weighted by atomic mass is 10.0. The summed E-state index contributed by atoms with van der Waals surface area (Å²) in [4.78, 5) is 4.62. The van der Waals surface area contributed by atoms with E-state index in [4.69, 9.17) is 4.74 Å². The van der Waals surface area contributed by atoms with Crippen LogP contribution in [0.1, 0.15) is 11.6 Å². The maximum absolute atomic E-state index is 12.1. The summed E-state index contributed by atoms with van der Waals surface area (Å²) < 4.78 is 33.3.